The summed E-state index contributed by atoms with van der Waals surface area (Å²) < 4.78 is 21.7. The van der Waals surface area contributed by atoms with Crippen LogP contribution in [0.4, 0.5) is 0 Å². The molecule has 12 heteroatoms. The Labute approximate surface area is 142 Å². The highest BCUT2D eigenvalue weighted by Crippen LogP contribution is 2.54. The zero-order chi connectivity index (χ0) is 15.9. The summed E-state index contributed by atoms with van der Waals surface area (Å²) >= 11 is 0. The topological polar surface area (TPSA) is 245 Å². The summed E-state index contributed by atoms with van der Waals surface area (Å²) in [5.74, 6) is 0. The Bertz CT molecular complexity index is 500. The number of benzene rings is 1. The van der Waals surface area contributed by atoms with Crippen LogP contribution < -0.4 is 38.4 Å². The lowest BCUT2D eigenvalue weighted by Crippen LogP contribution is -2.29. The second-order valence-corrected chi connectivity index (χ2v) is 8.60. The molecule has 0 amide bonds. The number of hydrogen-bond donors (Lipinski definition) is 5. The molecule has 1 aromatic rings. The van der Waals surface area contributed by atoms with Crippen molar-refractivity contribution in [3.05, 3.63) is 35.9 Å². The quantitative estimate of drug-likeness (QED) is 0.301. The molecule has 0 radical (unpaired) electrons. The summed E-state index contributed by atoms with van der Waals surface area (Å²) in [5.41, 5.74) is 1.10. The maximum Gasteiger partial charge on any atom is 0.140 e. The van der Waals surface area contributed by atoms with E-state index in [0.29, 0.717) is 19.5 Å². The molecule has 24 heavy (non-hydrogen) atoms. The molecule has 0 aromatic heterocycles. The van der Waals surface area contributed by atoms with Gasteiger partial charge in [0.05, 0.1) is 5.40 Å². The second-order valence-electron chi connectivity index (χ2n) is 4.74. The average molecular weight is 388 g/mol. The van der Waals surface area contributed by atoms with Gasteiger partial charge in [0.15, 0.2) is 0 Å². The fourth-order valence-electron chi connectivity index (χ4n) is 1.91. The van der Waals surface area contributed by atoms with E-state index in [1.165, 1.54) is 0 Å². The van der Waals surface area contributed by atoms with E-state index in [9.17, 15) is 23.8 Å². The highest BCUT2D eigenvalue weighted by molar-refractivity contribution is 7.68. The molecule has 14 N–H and O–H groups in total. The lowest BCUT2D eigenvalue weighted by atomic mass is 10.2. The molecule has 0 aliphatic rings. The van der Waals surface area contributed by atoms with Crippen molar-refractivity contribution in [2.24, 2.45) is 0 Å². The minimum absolute atomic E-state index is 0. The van der Waals surface area contributed by atoms with Gasteiger partial charge >= 0.3 is 0 Å². The largest absolute Gasteiger partial charge is 0.810 e. The molecule has 0 heterocycles. The third-order valence-electron chi connectivity index (χ3n) is 2.98. The maximum atomic E-state index is 10.9. The minimum Gasteiger partial charge on any atom is -0.810 e. The fourth-order valence-corrected chi connectivity index (χ4v) is 4.34. The number of hydrogen-bond acceptors (Lipinski definition) is 6. The second kappa shape index (κ2) is 12.7. The summed E-state index contributed by atoms with van der Waals surface area (Å²) in [7, 11) is -10.5. The van der Waals surface area contributed by atoms with Gasteiger partial charge in [-0.05, 0) is 24.9 Å². The van der Waals surface area contributed by atoms with E-state index in [0.717, 1.165) is 5.56 Å². The van der Waals surface area contributed by atoms with Crippen LogP contribution in [0, 0.1) is 0 Å². The predicted molar refractivity (Wildman–Crippen MR) is 91.2 cm³/mol. The molecule has 1 rings (SSSR count). The van der Waals surface area contributed by atoms with Gasteiger partial charge in [-0.25, -0.2) is 0 Å². The molecule has 144 valence electrons. The molecule has 0 aliphatic heterocycles. The summed E-state index contributed by atoms with van der Waals surface area (Å²) in [6.07, 6.45) is 0.339. The van der Waals surface area contributed by atoms with Crippen LogP contribution in [0.25, 0.3) is 0 Å². The van der Waals surface area contributed by atoms with E-state index < -0.39 is 20.6 Å². The molecule has 0 saturated heterocycles. The van der Waals surface area contributed by atoms with Crippen LogP contribution in [0.15, 0.2) is 30.3 Å². The van der Waals surface area contributed by atoms with Gasteiger partial charge in [-0.3, -0.25) is 0 Å². The third kappa shape index (κ3) is 11.0. The van der Waals surface area contributed by atoms with Gasteiger partial charge in [0.2, 0.25) is 0 Å². The van der Waals surface area contributed by atoms with E-state index in [-0.39, 0.29) is 31.3 Å². The van der Waals surface area contributed by atoms with E-state index in [4.69, 9.17) is 4.89 Å². The zero-order valence-corrected chi connectivity index (χ0v) is 16.2. The Kier molecular flexibility index (Phi) is 14.9. The van der Waals surface area contributed by atoms with Crippen molar-refractivity contribution >= 4 is 15.2 Å². The molecular formula is C12H30N4O6P2. The van der Waals surface area contributed by atoms with Crippen LogP contribution >= 0.6 is 15.2 Å². The molecule has 2 unspecified atom stereocenters. The van der Waals surface area contributed by atoms with Gasteiger partial charge < -0.3 is 52.5 Å². The summed E-state index contributed by atoms with van der Waals surface area (Å²) in [6, 6.07) is 9.63. The lowest BCUT2D eigenvalue weighted by molar-refractivity contribution is -0.316. The van der Waals surface area contributed by atoms with Crippen LogP contribution in [0.2, 0.25) is 0 Å². The van der Waals surface area contributed by atoms with Gasteiger partial charge in [-0.1, -0.05) is 44.3 Å². The smallest absolute Gasteiger partial charge is 0.140 e. The van der Waals surface area contributed by atoms with Gasteiger partial charge in [0, 0.05) is 6.54 Å². The maximum absolute atomic E-state index is 10.9. The van der Waals surface area contributed by atoms with Crippen molar-refractivity contribution < 1.29 is 28.7 Å². The highest BCUT2D eigenvalue weighted by Gasteiger charge is 2.23. The first-order chi connectivity index (χ1) is 9.71. The normalized spacial score (nSPS) is 14.3. The van der Waals surface area contributed by atoms with E-state index >= 15 is 0 Å². The number of quaternary nitrogens is 3. The van der Waals surface area contributed by atoms with Crippen molar-refractivity contribution in [1.29, 1.82) is 0 Å². The van der Waals surface area contributed by atoms with E-state index in [1.54, 1.807) is 0 Å². The third-order valence-corrected chi connectivity index (χ3v) is 6.70. The monoisotopic (exact) mass is 388 g/mol. The number of unbranched alkanes of at least 4 members (excludes halogenated alkanes) is 1. The first-order valence-corrected chi connectivity index (χ1v) is 9.77. The number of rotatable bonds is 9. The van der Waals surface area contributed by atoms with E-state index in [2.05, 4.69) is 5.32 Å². The van der Waals surface area contributed by atoms with Gasteiger partial charge in [0.1, 0.15) is 7.60 Å². The molecule has 2 atom stereocenters. The van der Waals surface area contributed by atoms with Crippen LogP contribution in [-0.2, 0) is 15.7 Å². The van der Waals surface area contributed by atoms with Crippen LogP contribution in [0.1, 0.15) is 24.8 Å². The molecule has 0 bridgehead atoms. The van der Waals surface area contributed by atoms with Crippen molar-refractivity contribution in [2.45, 2.75) is 31.2 Å². The van der Waals surface area contributed by atoms with E-state index in [1.807, 2.05) is 30.3 Å². The minimum atomic E-state index is -5.35. The van der Waals surface area contributed by atoms with Crippen LogP contribution in [-0.4, -0.2) is 16.8 Å². The van der Waals surface area contributed by atoms with Crippen molar-refractivity contribution in [2.75, 3.05) is 6.54 Å². The SMILES string of the molecule is O=P([O-])([O-])C(CCCCNCc1ccccc1)P(=O)([O-])O.[NH4+].[NH4+].[NH4+]. The molecule has 0 saturated carbocycles. The molecule has 1 aromatic carbocycles. The zero-order valence-electron chi connectivity index (χ0n) is 14.4. The molecular weight excluding hydrogens is 358 g/mol. The Morgan fingerprint density at radius 2 is 1.54 bits per heavy atom. The Morgan fingerprint density at radius 1 is 1.00 bits per heavy atom. The highest BCUT2D eigenvalue weighted by atomic mass is 31.2. The Morgan fingerprint density at radius 3 is 2.00 bits per heavy atom. The predicted octanol–water partition coefficient (Wildman–Crippen LogP) is 0.861. The van der Waals surface area contributed by atoms with Gasteiger partial charge in [-0.2, -0.15) is 0 Å². The van der Waals surface area contributed by atoms with Crippen molar-refractivity contribution in [1.82, 2.24) is 23.8 Å². The van der Waals surface area contributed by atoms with Gasteiger partial charge in [0.25, 0.3) is 0 Å². The number of nitrogens with one attached hydrogen (secondary N) is 1. The summed E-state index contributed by atoms with van der Waals surface area (Å²) in [6.45, 7) is 1.20. The Hall–Kier alpha value is -0.640. The standard InChI is InChI=1S/C12H21NO6P2.3H3N/c14-20(15,16)12(21(17,18)19)8-4-5-9-13-10-11-6-2-1-3-7-11;;;/h1-3,6-7,12-13H,4-5,8-10H2,(H2,14,15,16)(H2,17,18,19);3*1H3. The van der Waals surface area contributed by atoms with Crippen LogP contribution in [0.5, 0.6) is 0 Å². The fraction of sp³-hybridized carbons (Fsp3) is 0.500. The average Bonchev–Trinajstić information content (AvgIpc) is 2.35. The lowest BCUT2D eigenvalue weighted by Gasteiger charge is -2.42. The van der Waals surface area contributed by atoms with Crippen molar-refractivity contribution in [3.8, 4) is 0 Å². The van der Waals surface area contributed by atoms with Crippen LogP contribution in [0.3, 0.4) is 0 Å². The summed E-state index contributed by atoms with van der Waals surface area (Å²) in [5, 5.41) is 0.895. The molecule has 0 spiro atoms. The summed E-state index contributed by atoms with van der Waals surface area (Å²) in [4.78, 5) is 41.3. The first kappa shape index (κ1) is 28.2. The first-order valence-electron chi connectivity index (χ1n) is 6.51. The Balaban J connectivity index is -0.00000147. The molecule has 0 aliphatic carbocycles. The van der Waals surface area contributed by atoms with Gasteiger partial charge in [-0.15, -0.1) is 0 Å². The molecule has 10 nitrogen and oxygen atoms in total. The molecule has 0 fully saturated rings. The van der Waals surface area contributed by atoms with Crippen molar-refractivity contribution in [3.63, 3.8) is 0 Å².